The summed E-state index contributed by atoms with van der Waals surface area (Å²) in [5.74, 6) is 3.22. The maximum absolute atomic E-state index is 9.14. The predicted molar refractivity (Wildman–Crippen MR) is 107 cm³/mol. The molecule has 0 amide bonds. The van der Waals surface area contributed by atoms with Crippen LogP contribution in [0.2, 0.25) is 0 Å². The van der Waals surface area contributed by atoms with E-state index in [0.717, 1.165) is 0 Å². The van der Waals surface area contributed by atoms with Gasteiger partial charge in [-0.2, -0.15) is 0 Å². The van der Waals surface area contributed by atoms with E-state index in [0.29, 0.717) is 29.0 Å². The summed E-state index contributed by atoms with van der Waals surface area (Å²) in [4.78, 5) is 8.45. The van der Waals surface area contributed by atoms with Gasteiger partial charge in [0.1, 0.15) is 25.4 Å². The highest BCUT2D eigenvalue weighted by atomic mass is 16.5. The molecular formula is C21H21N3O4. The van der Waals surface area contributed by atoms with E-state index in [4.69, 9.17) is 31.2 Å². The monoisotopic (exact) mass is 383 g/mol. The van der Waals surface area contributed by atoms with Crippen LogP contribution in [0.5, 0.6) is 11.5 Å². The summed E-state index contributed by atoms with van der Waals surface area (Å²) in [6.07, 6.45) is 6.71. The van der Waals surface area contributed by atoms with Gasteiger partial charge in [0.15, 0.2) is 11.5 Å². The Hall–Kier alpha value is -3.34. The number of methoxy groups -OCH3 is 1. The van der Waals surface area contributed by atoms with Crippen LogP contribution in [-0.4, -0.2) is 48.6 Å². The van der Waals surface area contributed by atoms with Crippen molar-refractivity contribution >= 4 is 22.4 Å². The molecule has 2 aromatic carbocycles. The molecular weight excluding hydrogens is 358 g/mol. The number of aliphatic hydroxyl groups excluding tert-OH is 1. The molecule has 144 valence electrons. The fourth-order valence-electron chi connectivity index (χ4n) is 2.38. The van der Waals surface area contributed by atoms with Crippen molar-refractivity contribution in [3.05, 3.63) is 48.2 Å². The number of nitrogens with zero attached hydrogens (tertiary/aromatic N) is 2. The molecule has 28 heavy (non-hydrogen) atoms. The Bertz CT molecular complexity index is 1180. The summed E-state index contributed by atoms with van der Waals surface area (Å²) >= 11 is 0. The highest BCUT2D eigenvalue weighted by Gasteiger charge is 2.13. The first-order valence-corrected chi connectivity index (χ1v) is 8.41. The van der Waals surface area contributed by atoms with Gasteiger partial charge in [0, 0.05) is 29.8 Å². The summed E-state index contributed by atoms with van der Waals surface area (Å²) < 4.78 is 48.6. The van der Waals surface area contributed by atoms with Crippen molar-refractivity contribution in [1.29, 1.82) is 0 Å². The van der Waals surface area contributed by atoms with Gasteiger partial charge in [-0.15, -0.1) is 6.42 Å². The number of ether oxygens (including phenoxy) is 3. The largest absolute Gasteiger partial charge is 0.487 e. The van der Waals surface area contributed by atoms with Crippen molar-refractivity contribution < 1.29 is 24.8 Å². The number of aliphatic hydroxyl groups is 1. The van der Waals surface area contributed by atoms with Crippen LogP contribution < -0.4 is 14.8 Å². The number of aromatic nitrogens is 2. The molecule has 0 saturated carbocycles. The summed E-state index contributed by atoms with van der Waals surface area (Å²) in [6, 6.07) is 1.92. The van der Waals surface area contributed by atoms with Gasteiger partial charge in [-0.1, -0.05) is 12.0 Å². The fraction of sp³-hybridized carbons (Fsp3) is 0.238. The Labute approximate surface area is 168 Å². The molecule has 0 radical (unpaired) electrons. The Morgan fingerprint density at radius 3 is 2.79 bits per heavy atom. The minimum atomic E-state index is -0.393. The number of rotatable bonds is 9. The molecule has 2 N–H and O–H groups in total. The summed E-state index contributed by atoms with van der Waals surface area (Å²) in [7, 11) is 1.56. The number of benzene rings is 2. The number of anilines is 2. The lowest BCUT2D eigenvalue weighted by molar-refractivity contribution is 0.141. The number of hydrogen-bond acceptors (Lipinski definition) is 7. The van der Waals surface area contributed by atoms with Gasteiger partial charge in [0.05, 0.1) is 24.2 Å². The molecule has 0 unspecified atom stereocenters. The van der Waals surface area contributed by atoms with Crippen LogP contribution in [0, 0.1) is 12.3 Å². The first-order valence-electron chi connectivity index (χ1n) is 10.4. The molecule has 0 aliphatic rings. The Balaban J connectivity index is 2.11. The molecule has 0 spiro atoms. The second-order valence-electron chi connectivity index (χ2n) is 5.47. The lowest BCUT2D eigenvalue weighted by atomic mass is 10.2. The van der Waals surface area contributed by atoms with Gasteiger partial charge in [0.2, 0.25) is 0 Å². The third-order valence-electron chi connectivity index (χ3n) is 3.61. The molecule has 0 aliphatic carbocycles. The van der Waals surface area contributed by atoms with Gasteiger partial charge < -0.3 is 24.6 Å². The number of nitrogens with one attached hydrogen (secondary N) is 1. The average molecular weight is 383 g/mol. The third-order valence-corrected chi connectivity index (χ3v) is 3.61. The summed E-state index contributed by atoms with van der Waals surface area (Å²) in [5.41, 5.74) is 0.356. The molecule has 1 aromatic heterocycles. The van der Waals surface area contributed by atoms with Crippen molar-refractivity contribution in [2.24, 2.45) is 0 Å². The van der Waals surface area contributed by atoms with Crippen LogP contribution in [0.25, 0.3) is 10.9 Å². The van der Waals surface area contributed by atoms with Crippen molar-refractivity contribution in [3.8, 4) is 23.8 Å². The quantitative estimate of drug-likeness (QED) is 0.434. The van der Waals surface area contributed by atoms with Crippen molar-refractivity contribution in [3.63, 3.8) is 0 Å². The molecule has 7 heteroatoms. The smallest absolute Gasteiger partial charge is 0.163 e. The van der Waals surface area contributed by atoms with E-state index >= 15 is 0 Å². The number of hydrogen-bond donors (Lipinski definition) is 2. The zero-order valence-corrected chi connectivity index (χ0v) is 15.2. The van der Waals surface area contributed by atoms with Crippen molar-refractivity contribution in [1.82, 2.24) is 9.97 Å². The minimum Gasteiger partial charge on any atom is -0.487 e. The van der Waals surface area contributed by atoms with Crippen LogP contribution in [0.1, 0.15) is 11.0 Å². The normalized spacial score (nSPS) is 12.5. The number of fused-ring (bicyclic) bond motifs is 1. The van der Waals surface area contributed by atoms with Crippen LogP contribution in [0.15, 0.2) is 42.6 Å². The second kappa shape index (κ2) is 9.55. The Morgan fingerprint density at radius 2 is 2.00 bits per heavy atom. The van der Waals surface area contributed by atoms with E-state index in [1.165, 1.54) is 6.33 Å². The average Bonchev–Trinajstić information content (AvgIpc) is 2.79. The van der Waals surface area contributed by atoms with Crippen LogP contribution in [-0.2, 0) is 4.74 Å². The van der Waals surface area contributed by atoms with Gasteiger partial charge in [-0.3, -0.25) is 0 Å². The molecule has 0 saturated heterocycles. The zero-order chi connectivity index (χ0) is 23.3. The Kier molecular flexibility index (Phi) is 5.01. The Morgan fingerprint density at radius 1 is 1.18 bits per heavy atom. The van der Waals surface area contributed by atoms with Gasteiger partial charge >= 0.3 is 0 Å². The van der Waals surface area contributed by atoms with E-state index in [1.807, 2.05) is 0 Å². The van der Waals surface area contributed by atoms with E-state index in [-0.39, 0.29) is 55.0 Å². The second-order valence-corrected chi connectivity index (χ2v) is 5.47. The minimum absolute atomic E-state index is 0.0367. The molecule has 0 fully saturated rings. The molecule has 7 nitrogen and oxygen atoms in total. The highest BCUT2D eigenvalue weighted by Crippen LogP contribution is 2.35. The lowest BCUT2D eigenvalue weighted by Gasteiger charge is -2.15. The molecule has 0 bridgehead atoms. The summed E-state index contributed by atoms with van der Waals surface area (Å²) in [6.45, 7) is 0.482. The van der Waals surface area contributed by atoms with Gasteiger partial charge in [-0.25, -0.2) is 9.97 Å². The lowest BCUT2D eigenvalue weighted by Crippen LogP contribution is -2.08. The van der Waals surface area contributed by atoms with Crippen molar-refractivity contribution in [2.75, 3.05) is 38.9 Å². The first-order chi connectivity index (χ1) is 15.4. The van der Waals surface area contributed by atoms with Crippen LogP contribution in [0.4, 0.5) is 11.5 Å². The maximum atomic E-state index is 9.14. The van der Waals surface area contributed by atoms with Crippen molar-refractivity contribution in [2.45, 2.75) is 0 Å². The zero-order valence-electron chi connectivity index (χ0n) is 19.2. The van der Waals surface area contributed by atoms with Crippen LogP contribution >= 0.6 is 0 Å². The molecule has 0 atom stereocenters. The standard InChI is InChI=1S/C21H21N3O4/c1-3-15-5-4-6-16(11-15)24-21-17-12-19(27-8-7-25)20(28-10-9-26-2)13-18(17)22-14-23-21/h1,4-6,11-14,25H,7-10H2,2H3,(H,22,23,24)/i4D,5D,6D,11D. The summed E-state index contributed by atoms with van der Waals surface area (Å²) in [5, 5.41) is 12.5. The van der Waals surface area contributed by atoms with E-state index in [2.05, 4.69) is 21.2 Å². The van der Waals surface area contributed by atoms with Gasteiger partial charge in [-0.05, 0) is 24.2 Å². The fourth-order valence-corrected chi connectivity index (χ4v) is 2.38. The van der Waals surface area contributed by atoms with E-state index < -0.39 is 6.04 Å². The maximum Gasteiger partial charge on any atom is 0.163 e. The third kappa shape index (κ3) is 4.68. The van der Waals surface area contributed by atoms with Gasteiger partial charge in [0.25, 0.3) is 0 Å². The topological polar surface area (TPSA) is 85.7 Å². The highest BCUT2D eigenvalue weighted by molar-refractivity contribution is 5.93. The molecule has 3 rings (SSSR count). The molecule has 0 aliphatic heterocycles. The number of terminal acetylenes is 1. The molecule has 3 aromatic rings. The van der Waals surface area contributed by atoms with Crippen LogP contribution in [0.3, 0.4) is 0 Å². The molecule has 1 heterocycles. The predicted octanol–water partition coefficient (Wildman–Crippen LogP) is 2.75. The SMILES string of the molecule is [2H]c1c([2H])c(C#C)c([2H])c(Nc2ncnc3cc(OCCOC)c(OCCO)cc23)c1[2H]. The van der Waals surface area contributed by atoms with E-state index in [9.17, 15) is 0 Å². The van der Waals surface area contributed by atoms with E-state index in [1.54, 1.807) is 19.2 Å². The first kappa shape index (κ1) is 14.7.